The lowest BCUT2D eigenvalue weighted by Gasteiger charge is -2.44. The number of aryl methyl sites for hydroxylation is 1. The van der Waals surface area contributed by atoms with Crippen molar-refractivity contribution in [2.75, 3.05) is 0 Å². The topological polar surface area (TPSA) is 12.0 Å². The highest BCUT2D eigenvalue weighted by Crippen LogP contribution is 2.62. The zero-order valence-electron chi connectivity index (χ0n) is 14.4. The van der Waals surface area contributed by atoms with Crippen molar-refractivity contribution in [3.63, 3.8) is 0 Å². The van der Waals surface area contributed by atoms with E-state index in [-0.39, 0.29) is 0 Å². The summed E-state index contributed by atoms with van der Waals surface area (Å²) in [6, 6.07) is 10.0. The van der Waals surface area contributed by atoms with Crippen LogP contribution in [0.3, 0.4) is 0 Å². The van der Waals surface area contributed by atoms with Crippen LogP contribution in [0.2, 0.25) is 0 Å². The fourth-order valence-corrected chi connectivity index (χ4v) is 5.23. The fourth-order valence-electron chi connectivity index (χ4n) is 5.23. The van der Waals surface area contributed by atoms with Gasteiger partial charge < -0.3 is 5.32 Å². The molecule has 2 bridgehead atoms. The molecular formula is C20H31N. The molecule has 1 aromatic rings. The zero-order valence-corrected chi connectivity index (χ0v) is 14.4. The lowest BCUT2D eigenvalue weighted by Crippen LogP contribution is -2.53. The summed E-state index contributed by atoms with van der Waals surface area (Å²) >= 11 is 0. The lowest BCUT2D eigenvalue weighted by atomic mass is 9.68. The third kappa shape index (κ3) is 2.54. The van der Waals surface area contributed by atoms with Crippen molar-refractivity contribution in [1.29, 1.82) is 0 Å². The number of hydrogen-bond donors (Lipinski definition) is 1. The van der Waals surface area contributed by atoms with E-state index in [9.17, 15) is 0 Å². The highest BCUT2D eigenvalue weighted by atomic mass is 15.0. The summed E-state index contributed by atoms with van der Waals surface area (Å²) in [6.45, 7) is 12.1. The Labute approximate surface area is 130 Å². The summed E-state index contributed by atoms with van der Waals surface area (Å²) in [6.07, 6.45) is 5.42. The highest BCUT2D eigenvalue weighted by Gasteiger charge is 2.59. The Bertz CT molecular complexity index is 514. The predicted molar refractivity (Wildman–Crippen MR) is 90.5 cm³/mol. The van der Waals surface area contributed by atoms with Crippen molar-refractivity contribution in [1.82, 2.24) is 5.32 Å². The molecule has 0 heterocycles. The van der Waals surface area contributed by atoms with Gasteiger partial charge in [0.15, 0.2) is 0 Å². The van der Waals surface area contributed by atoms with E-state index in [0.717, 1.165) is 12.3 Å². The second-order valence-electron chi connectivity index (χ2n) is 8.55. The molecule has 0 amide bonds. The fraction of sp³-hybridized carbons (Fsp3) is 0.700. The number of nitrogens with one attached hydrogen (secondary N) is 1. The number of fused-ring (bicyclic) bond motifs is 2. The Hall–Kier alpha value is -0.820. The maximum atomic E-state index is 4.02. The maximum Gasteiger partial charge on any atom is 0.0177 e. The molecule has 116 valence electrons. The maximum absolute atomic E-state index is 4.02. The van der Waals surface area contributed by atoms with Crippen LogP contribution >= 0.6 is 0 Å². The van der Waals surface area contributed by atoms with E-state index in [0.29, 0.717) is 22.9 Å². The van der Waals surface area contributed by atoms with Crippen LogP contribution in [0.15, 0.2) is 24.3 Å². The first-order chi connectivity index (χ1) is 9.83. The molecule has 1 N–H and O–H groups in total. The van der Waals surface area contributed by atoms with Crippen LogP contribution in [0.25, 0.3) is 0 Å². The van der Waals surface area contributed by atoms with Gasteiger partial charge in [0.05, 0.1) is 0 Å². The minimum Gasteiger partial charge on any atom is -0.310 e. The lowest BCUT2D eigenvalue weighted by molar-refractivity contribution is 0.100. The Kier molecular flexibility index (Phi) is 3.68. The molecule has 0 saturated heterocycles. The smallest absolute Gasteiger partial charge is 0.0177 e. The average Bonchev–Trinajstić information content (AvgIpc) is 2.89. The molecule has 4 unspecified atom stereocenters. The van der Waals surface area contributed by atoms with Gasteiger partial charge in [0.25, 0.3) is 0 Å². The molecule has 0 spiro atoms. The monoisotopic (exact) mass is 285 g/mol. The molecule has 1 nitrogen and oxygen atoms in total. The van der Waals surface area contributed by atoms with E-state index >= 15 is 0 Å². The molecule has 4 atom stereocenters. The Morgan fingerprint density at radius 3 is 2.57 bits per heavy atom. The van der Waals surface area contributed by atoms with Crippen LogP contribution in [-0.4, -0.2) is 12.1 Å². The molecule has 1 aromatic carbocycles. The van der Waals surface area contributed by atoms with E-state index in [1.807, 2.05) is 0 Å². The number of rotatable bonds is 4. The summed E-state index contributed by atoms with van der Waals surface area (Å²) in [4.78, 5) is 0. The van der Waals surface area contributed by atoms with Crippen LogP contribution in [0.5, 0.6) is 0 Å². The molecule has 2 saturated carbocycles. The van der Waals surface area contributed by atoms with Gasteiger partial charge in [-0.15, -0.1) is 0 Å². The van der Waals surface area contributed by atoms with E-state index in [4.69, 9.17) is 0 Å². The SMILES string of the molecule is Cc1ccccc1CC(C)NC1C2(C)CCC(C2)C1(C)C. The molecule has 2 fully saturated rings. The summed E-state index contributed by atoms with van der Waals surface area (Å²) in [7, 11) is 0. The molecule has 0 aliphatic heterocycles. The van der Waals surface area contributed by atoms with Crippen LogP contribution in [0.4, 0.5) is 0 Å². The second kappa shape index (κ2) is 5.12. The Balaban J connectivity index is 1.70. The predicted octanol–water partition coefficient (Wildman–Crippen LogP) is 4.73. The largest absolute Gasteiger partial charge is 0.310 e. The third-order valence-corrected chi connectivity index (χ3v) is 6.51. The van der Waals surface area contributed by atoms with Gasteiger partial charge in [-0.25, -0.2) is 0 Å². The molecular weight excluding hydrogens is 254 g/mol. The van der Waals surface area contributed by atoms with Gasteiger partial charge in [0, 0.05) is 12.1 Å². The average molecular weight is 285 g/mol. The van der Waals surface area contributed by atoms with E-state index in [1.54, 1.807) is 0 Å². The van der Waals surface area contributed by atoms with Gasteiger partial charge >= 0.3 is 0 Å². The summed E-state index contributed by atoms with van der Waals surface area (Å²) in [5.41, 5.74) is 3.88. The van der Waals surface area contributed by atoms with E-state index < -0.39 is 0 Å². The Morgan fingerprint density at radius 2 is 1.95 bits per heavy atom. The summed E-state index contributed by atoms with van der Waals surface area (Å²) in [5.74, 6) is 0.922. The van der Waals surface area contributed by atoms with Crippen molar-refractivity contribution in [3.8, 4) is 0 Å². The minimum atomic E-state index is 0.451. The van der Waals surface area contributed by atoms with Crippen molar-refractivity contribution in [2.24, 2.45) is 16.7 Å². The molecule has 21 heavy (non-hydrogen) atoms. The standard InChI is InChI=1S/C20H31N/c1-14-8-6-7-9-16(14)12-15(2)21-18-19(3,4)17-10-11-20(18,5)13-17/h6-9,15,17-18,21H,10-13H2,1-5H3. The van der Waals surface area contributed by atoms with Crippen LogP contribution in [-0.2, 0) is 6.42 Å². The first-order valence-electron chi connectivity index (χ1n) is 8.63. The molecule has 0 radical (unpaired) electrons. The highest BCUT2D eigenvalue weighted by molar-refractivity contribution is 5.26. The van der Waals surface area contributed by atoms with Gasteiger partial charge in [-0.1, -0.05) is 45.0 Å². The van der Waals surface area contributed by atoms with Crippen molar-refractivity contribution in [3.05, 3.63) is 35.4 Å². The van der Waals surface area contributed by atoms with Gasteiger partial charge in [0.1, 0.15) is 0 Å². The zero-order chi connectivity index (χ0) is 15.3. The first-order valence-corrected chi connectivity index (χ1v) is 8.63. The van der Waals surface area contributed by atoms with Crippen LogP contribution < -0.4 is 5.32 Å². The number of benzene rings is 1. The molecule has 1 heteroatoms. The third-order valence-electron chi connectivity index (χ3n) is 6.51. The van der Waals surface area contributed by atoms with Crippen molar-refractivity contribution < 1.29 is 0 Å². The molecule has 0 aromatic heterocycles. The van der Waals surface area contributed by atoms with Gasteiger partial charge in [0.2, 0.25) is 0 Å². The van der Waals surface area contributed by atoms with Gasteiger partial charge in [-0.3, -0.25) is 0 Å². The van der Waals surface area contributed by atoms with Gasteiger partial charge in [-0.2, -0.15) is 0 Å². The second-order valence-corrected chi connectivity index (χ2v) is 8.55. The quantitative estimate of drug-likeness (QED) is 0.843. The number of hydrogen-bond acceptors (Lipinski definition) is 1. The molecule has 2 aliphatic rings. The van der Waals surface area contributed by atoms with Crippen LogP contribution in [0, 0.1) is 23.7 Å². The normalized spacial score (nSPS) is 35.1. The Morgan fingerprint density at radius 1 is 1.24 bits per heavy atom. The van der Waals surface area contributed by atoms with Crippen LogP contribution in [0.1, 0.15) is 58.1 Å². The van der Waals surface area contributed by atoms with E-state index in [1.165, 1.54) is 30.4 Å². The van der Waals surface area contributed by atoms with E-state index in [2.05, 4.69) is 64.2 Å². The molecule has 3 rings (SSSR count). The van der Waals surface area contributed by atoms with Gasteiger partial charge in [-0.05, 0) is 67.4 Å². The minimum absolute atomic E-state index is 0.451. The molecule has 2 aliphatic carbocycles. The van der Waals surface area contributed by atoms with Crippen molar-refractivity contribution in [2.45, 2.75) is 72.4 Å². The summed E-state index contributed by atoms with van der Waals surface area (Å²) in [5, 5.41) is 4.02. The van der Waals surface area contributed by atoms with Crippen molar-refractivity contribution >= 4 is 0 Å². The summed E-state index contributed by atoms with van der Waals surface area (Å²) < 4.78 is 0. The first kappa shape index (κ1) is 15.1.